The van der Waals surface area contributed by atoms with Crippen molar-refractivity contribution in [3.8, 4) is 17.3 Å². The van der Waals surface area contributed by atoms with Crippen molar-refractivity contribution in [1.82, 2.24) is 35.6 Å². The summed E-state index contributed by atoms with van der Waals surface area (Å²) in [7, 11) is 0. The molecule has 14 heteroatoms. The van der Waals surface area contributed by atoms with Gasteiger partial charge in [0.2, 0.25) is 11.6 Å². The van der Waals surface area contributed by atoms with E-state index in [2.05, 4.69) is 52.0 Å². The van der Waals surface area contributed by atoms with Crippen molar-refractivity contribution < 1.29 is 18.9 Å². The summed E-state index contributed by atoms with van der Waals surface area (Å²) in [6, 6.07) is 13.5. The van der Waals surface area contributed by atoms with E-state index < -0.39 is 5.91 Å². The van der Waals surface area contributed by atoms with Gasteiger partial charge in [0.15, 0.2) is 5.69 Å². The maximum absolute atomic E-state index is 13.4. The Morgan fingerprint density at radius 3 is 2.73 bits per heavy atom. The number of anilines is 1. The zero-order valence-corrected chi connectivity index (χ0v) is 23.4. The number of amides is 1. The largest absolute Gasteiger partial charge is 0.493 e. The number of rotatable bonds is 11. The molecule has 40 heavy (non-hydrogen) atoms. The lowest BCUT2D eigenvalue weighted by molar-refractivity contribution is 0.0945. The van der Waals surface area contributed by atoms with Crippen molar-refractivity contribution in [2.45, 2.75) is 32.9 Å². The molecule has 1 amide bonds. The van der Waals surface area contributed by atoms with Gasteiger partial charge in [-0.2, -0.15) is 9.78 Å². The van der Waals surface area contributed by atoms with Crippen LogP contribution in [-0.2, 0) is 13.2 Å². The number of nitrogens with zero attached hydrogens (tertiary/aromatic N) is 7. The minimum absolute atomic E-state index is 0.0185. The molecule has 208 valence electrons. The number of aromatic nitrogens is 5. The number of nitrogens with one attached hydrogen (secondary N) is 1. The predicted octanol–water partition coefficient (Wildman–Crippen LogP) is 3.33. The summed E-state index contributed by atoms with van der Waals surface area (Å²) < 4.78 is 18.4. The van der Waals surface area contributed by atoms with Gasteiger partial charge >= 0.3 is 0 Å². The molecule has 2 aromatic carbocycles. The first-order valence-corrected chi connectivity index (χ1v) is 13.5. The van der Waals surface area contributed by atoms with Gasteiger partial charge in [-0.1, -0.05) is 35.5 Å². The number of nitrogen functional groups attached to an aromatic ring is 1. The lowest BCUT2D eigenvalue weighted by Crippen LogP contribution is -2.26. The van der Waals surface area contributed by atoms with Crippen LogP contribution in [0, 0.1) is 0 Å². The Labute approximate surface area is 238 Å². The van der Waals surface area contributed by atoms with Gasteiger partial charge in [-0.05, 0) is 70.7 Å². The van der Waals surface area contributed by atoms with Gasteiger partial charge in [-0.15, -0.1) is 5.10 Å². The van der Waals surface area contributed by atoms with Crippen LogP contribution in [0.25, 0.3) is 5.82 Å². The molecule has 0 radical (unpaired) electrons. The maximum Gasteiger partial charge on any atom is 0.292 e. The van der Waals surface area contributed by atoms with Gasteiger partial charge in [0, 0.05) is 17.1 Å². The Morgan fingerprint density at radius 1 is 1.20 bits per heavy atom. The minimum Gasteiger partial charge on any atom is -0.493 e. The average Bonchev–Trinajstić information content (AvgIpc) is 3.71. The zero-order chi connectivity index (χ0) is 27.9. The predicted molar refractivity (Wildman–Crippen MR) is 149 cm³/mol. The van der Waals surface area contributed by atoms with Gasteiger partial charge in [-0.25, -0.2) is 10.1 Å². The van der Waals surface area contributed by atoms with Crippen LogP contribution in [0.4, 0.5) is 5.82 Å². The highest BCUT2D eigenvalue weighted by Gasteiger charge is 2.27. The Morgan fingerprint density at radius 2 is 2.00 bits per heavy atom. The Hall–Kier alpha value is -4.30. The number of nitrogens with two attached hydrogens (primary N) is 1. The maximum atomic E-state index is 13.4. The number of benzene rings is 2. The molecule has 0 atom stereocenters. The molecule has 5 rings (SSSR count). The van der Waals surface area contributed by atoms with E-state index in [0.717, 1.165) is 31.5 Å². The average molecular weight is 610 g/mol. The SMILES string of the molecule is CCOc1cc(OCc2ccccc2)cc(Br)c1/C=N/NC(=O)c1c(CN2CCCC2)nnn1-c1nonc1N. The Kier molecular flexibility index (Phi) is 8.66. The summed E-state index contributed by atoms with van der Waals surface area (Å²) in [6.45, 7) is 5.00. The van der Waals surface area contributed by atoms with E-state index in [9.17, 15) is 4.79 Å². The van der Waals surface area contributed by atoms with Crippen LogP contribution in [0.15, 0.2) is 56.7 Å². The van der Waals surface area contributed by atoms with Gasteiger partial charge in [-0.3, -0.25) is 9.69 Å². The smallest absolute Gasteiger partial charge is 0.292 e. The summed E-state index contributed by atoms with van der Waals surface area (Å²) in [5, 5.41) is 19.9. The fourth-order valence-electron chi connectivity index (χ4n) is 4.29. The molecule has 0 bridgehead atoms. The van der Waals surface area contributed by atoms with Crippen LogP contribution in [0.2, 0.25) is 0 Å². The highest BCUT2D eigenvalue weighted by Crippen LogP contribution is 2.32. The zero-order valence-electron chi connectivity index (χ0n) is 21.8. The fourth-order valence-corrected chi connectivity index (χ4v) is 4.81. The molecule has 1 saturated heterocycles. The summed E-state index contributed by atoms with van der Waals surface area (Å²) in [6.07, 6.45) is 3.68. The van der Waals surface area contributed by atoms with Crippen LogP contribution in [0.5, 0.6) is 11.5 Å². The lowest BCUT2D eigenvalue weighted by Gasteiger charge is -2.14. The number of hydrogen-bond donors (Lipinski definition) is 2. The molecule has 2 aromatic heterocycles. The molecule has 0 unspecified atom stereocenters. The van der Waals surface area contributed by atoms with Gasteiger partial charge in [0.05, 0.1) is 18.4 Å². The van der Waals surface area contributed by atoms with Crippen molar-refractivity contribution in [3.63, 3.8) is 0 Å². The van der Waals surface area contributed by atoms with Gasteiger partial charge < -0.3 is 15.2 Å². The molecular weight excluding hydrogens is 582 g/mol. The minimum atomic E-state index is -0.547. The first-order valence-electron chi connectivity index (χ1n) is 12.7. The third-order valence-electron chi connectivity index (χ3n) is 6.20. The third-order valence-corrected chi connectivity index (χ3v) is 6.85. The number of ether oxygens (including phenoxy) is 2. The van der Waals surface area contributed by atoms with Crippen LogP contribution < -0.4 is 20.6 Å². The number of hydrazone groups is 1. The van der Waals surface area contributed by atoms with Crippen LogP contribution in [0.3, 0.4) is 0 Å². The van der Waals surface area contributed by atoms with E-state index in [0.29, 0.717) is 47.0 Å². The Bertz CT molecular complexity index is 1480. The second kappa shape index (κ2) is 12.7. The molecule has 1 aliphatic rings. The Balaban J connectivity index is 1.35. The van der Waals surface area contributed by atoms with Crippen molar-refractivity contribution in [1.29, 1.82) is 0 Å². The summed E-state index contributed by atoms with van der Waals surface area (Å²) in [5.41, 5.74) is 10.7. The molecule has 1 aliphatic heterocycles. The van der Waals surface area contributed by atoms with E-state index in [4.69, 9.17) is 19.8 Å². The number of carbonyl (C=O) groups excluding carboxylic acids is 1. The molecular formula is C26H28BrN9O4. The highest BCUT2D eigenvalue weighted by atomic mass is 79.9. The standard InChI is InChI=1S/C26H28BrN9O4/c1-2-38-22-13-18(39-16-17-8-4-3-5-9-17)12-20(27)19(22)14-29-31-26(37)23-21(15-35-10-6-7-11-35)30-34-36(23)25-24(28)32-40-33-25/h3-5,8-9,12-14H,2,6-7,10-11,15-16H2,1H3,(H2,28,32)(H,31,37)/b29-14+. The van der Waals surface area contributed by atoms with Crippen molar-refractivity contribution >= 4 is 33.9 Å². The topological polar surface area (TPSA) is 159 Å². The monoisotopic (exact) mass is 609 g/mol. The highest BCUT2D eigenvalue weighted by molar-refractivity contribution is 9.10. The summed E-state index contributed by atoms with van der Waals surface area (Å²) >= 11 is 3.57. The molecule has 0 aliphatic carbocycles. The van der Waals surface area contributed by atoms with E-state index in [1.54, 1.807) is 6.07 Å². The molecule has 4 aromatic rings. The summed E-state index contributed by atoms with van der Waals surface area (Å²) in [4.78, 5) is 15.6. The van der Waals surface area contributed by atoms with Crippen LogP contribution in [0.1, 0.15) is 47.1 Å². The quantitative estimate of drug-likeness (QED) is 0.191. The summed E-state index contributed by atoms with van der Waals surface area (Å²) in [5.74, 6) is 0.674. The van der Waals surface area contributed by atoms with Crippen molar-refractivity contribution in [3.05, 3.63) is 69.5 Å². The second-order valence-corrected chi connectivity index (χ2v) is 9.83. The van der Waals surface area contributed by atoms with E-state index in [1.807, 2.05) is 43.3 Å². The lowest BCUT2D eigenvalue weighted by atomic mass is 10.2. The first kappa shape index (κ1) is 27.3. The molecule has 13 nitrogen and oxygen atoms in total. The molecule has 3 heterocycles. The molecule has 1 fully saturated rings. The molecule has 0 spiro atoms. The molecule has 3 N–H and O–H groups in total. The number of carbonyl (C=O) groups is 1. The van der Waals surface area contributed by atoms with Crippen LogP contribution >= 0.6 is 15.9 Å². The fraction of sp³-hybridized carbons (Fsp3) is 0.308. The second-order valence-electron chi connectivity index (χ2n) is 8.98. The van der Waals surface area contributed by atoms with E-state index in [1.165, 1.54) is 10.9 Å². The first-order chi connectivity index (χ1) is 19.5. The number of hydrogen-bond acceptors (Lipinski definition) is 11. The number of likely N-dealkylation sites (tertiary alicyclic amines) is 1. The van der Waals surface area contributed by atoms with Crippen molar-refractivity contribution in [2.75, 3.05) is 25.4 Å². The van der Waals surface area contributed by atoms with Crippen molar-refractivity contribution in [2.24, 2.45) is 5.10 Å². The molecule has 0 saturated carbocycles. The number of halogens is 1. The normalized spacial score (nSPS) is 13.7. The van der Waals surface area contributed by atoms with Gasteiger partial charge in [0.1, 0.15) is 23.8 Å². The third kappa shape index (κ3) is 6.29. The van der Waals surface area contributed by atoms with Gasteiger partial charge in [0.25, 0.3) is 5.91 Å². The van der Waals surface area contributed by atoms with E-state index >= 15 is 0 Å². The van der Waals surface area contributed by atoms with Crippen LogP contribution in [-0.4, -0.2) is 62.0 Å². The van der Waals surface area contributed by atoms with E-state index in [-0.39, 0.29) is 17.3 Å².